The summed E-state index contributed by atoms with van der Waals surface area (Å²) >= 11 is 0. The molecule has 4 heteroatoms. The second-order valence-electron chi connectivity index (χ2n) is 1.85. The minimum Gasteiger partial charge on any atom is -0.393 e. The van der Waals surface area contributed by atoms with Crippen LogP contribution in [0.25, 0.3) is 0 Å². The highest BCUT2D eigenvalue weighted by Gasteiger charge is 2.32. The Labute approximate surface area is 50.8 Å². The summed E-state index contributed by atoms with van der Waals surface area (Å²) in [6, 6.07) is 0. The highest BCUT2D eigenvalue weighted by molar-refractivity contribution is 5.94. The van der Waals surface area contributed by atoms with E-state index in [1.165, 1.54) is 0 Å². The van der Waals surface area contributed by atoms with E-state index in [1.54, 1.807) is 0 Å². The molecule has 0 bridgehead atoms. The molecule has 1 rings (SSSR count). The lowest BCUT2D eigenvalue weighted by Gasteiger charge is -1.91. The molecule has 0 aromatic heterocycles. The molecule has 1 saturated heterocycles. The van der Waals surface area contributed by atoms with Crippen molar-refractivity contribution in [2.45, 2.75) is 6.42 Å². The van der Waals surface area contributed by atoms with E-state index in [-0.39, 0.29) is 6.42 Å². The number of hydrogen-bond donors (Lipinski definition) is 0. The van der Waals surface area contributed by atoms with Crippen molar-refractivity contribution in [3.8, 4) is 0 Å². The zero-order chi connectivity index (χ0) is 6.85. The van der Waals surface area contributed by atoms with Gasteiger partial charge in [0.05, 0.1) is 12.3 Å². The number of carbonyl (C=O) groups is 2. The van der Waals surface area contributed by atoms with Crippen molar-refractivity contribution in [2.75, 3.05) is 6.67 Å². The topological polar surface area (TPSA) is 43.4 Å². The third-order valence-electron chi connectivity index (χ3n) is 1.15. The Morgan fingerprint density at radius 3 is 2.56 bits per heavy atom. The zero-order valence-corrected chi connectivity index (χ0v) is 4.59. The normalized spacial score (nSPS) is 26.6. The summed E-state index contributed by atoms with van der Waals surface area (Å²) in [5.41, 5.74) is 0. The van der Waals surface area contributed by atoms with Gasteiger partial charge in [0.15, 0.2) is 0 Å². The molecule has 1 atom stereocenters. The van der Waals surface area contributed by atoms with E-state index in [0.29, 0.717) is 0 Å². The molecule has 0 aromatic carbocycles. The van der Waals surface area contributed by atoms with Crippen LogP contribution in [0.1, 0.15) is 6.42 Å². The van der Waals surface area contributed by atoms with Crippen molar-refractivity contribution in [1.29, 1.82) is 0 Å². The number of halogens is 1. The Morgan fingerprint density at radius 1 is 1.67 bits per heavy atom. The van der Waals surface area contributed by atoms with E-state index >= 15 is 0 Å². The van der Waals surface area contributed by atoms with E-state index < -0.39 is 24.5 Å². The second kappa shape index (κ2) is 2.13. The first-order valence-electron chi connectivity index (χ1n) is 2.54. The van der Waals surface area contributed by atoms with Gasteiger partial charge in [0.2, 0.25) is 0 Å². The monoisotopic (exact) mass is 132 g/mol. The van der Waals surface area contributed by atoms with Gasteiger partial charge in [0.25, 0.3) is 0 Å². The van der Waals surface area contributed by atoms with Gasteiger partial charge in [-0.2, -0.15) is 0 Å². The van der Waals surface area contributed by atoms with Crippen molar-refractivity contribution in [1.82, 2.24) is 0 Å². The number of hydrogen-bond acceptors (Lipinski definition) is 3. The molecule has 0 amide bonds. The van der Waals surface area contributed by atoms with Gasteiger partial charge in [-0.15, -0.1) is 0 Å². The average molecular weight is 132 g/mol. The molecule has 0 spiro atoms. The molecule has 1 aliphatic rings. The van der Waals surface area contributed by atoms with Gasteiger partial charge in [0, 0.05) is 0 Å². The Balaban J connectivity index is 2.58. The van der Waals surface area contributed by atoms with Crippen molar-refractivity contribution < 1.29 is 18.7 Å². The van der Waals surface area contributed by atoms with E-state index in [9.17, 15) is 14.0 Å². The summed E-state index contributed by atoms with van der Waals surface area (Å²) in [4.78, 5) is 20.5. The first-order valence-corrected chi connectivity index (χ1v) is 2.54. The third kappa shape index (κ3) is 1.06. The van der Waals surface area contributed by atoms with Crippen LogP contribution in [0.3, 0.4) is 0 Å². The maximum absolute atomic E-state index is 11.7. The number of ether oxygens (including phenoxy) is 1. The largest absolute Gasteiger partial charge is 0.393 e. The molecule has 1 heterocycles. The lowest BCUT2D eigenvalue weighted by atomic mass is 10.1. The summed E-state index contributed by atoms with van der Waals surface area (Å²) in [6.45, 7) is -0.801. The number of esters is 2. The molecule has 0 saturated carbocycles. The maximum Gasteiger partial charge on any atom is 0.319 e. The van der Waals surface area contributed by atoms with Crippen LogP contribution in [0, 0.1) is 5.92 Å². The van der Waals surface area contributed by atoms with Crippen LogP contribution in [-0.2, 0) is 14.3 Å². The molecule has 50 valence electrons. The third-order valence-corrected chi connectivity index (χ3v) is 1.15. The molecular formula is C5H5FO3. The Hall–Kier alpha value is -0.930. The Kier molecular flexibility index (Phi) is 1.46. The maximum atomic E-state index is 11.7. The minimum absolute atomic E-state index is 0.102. The van der Waals surface area contributed by atoms with Crippen molar-refractivity contribution in [2.24, 2.45) is 5.92 Å². The molecule has 0 radical (unpaired) electrons. The molecule has 9 heavy (non-hydrogen) atoms. The molecule has 1 unspecified atom stereocenters. The summed E-state index contributed by atoms with van der Waals surface area (Å²) < 4.78 is 15.7. The van der Waals surface area contributed by atoms with Crippen molar-refractivity contribution in [3.63, 3.8) is 0 Å². The van der Waals surface area contributed by atoms with Gasteiger partial charge in [-0.1, -0.05) is 0 Å². The highest BCUT2D eigenvalue weighted by Crippen LogP contribution is 2.15. The minimum atomic E-state index is -0.836. The first kappa shape index (κ1) is 6.19. The molecule has 3 nitrogen and oxygen atoms in total. The summed E-state index contributed by atoms with van der Waals surface area (Å²) in [5, 5.41) is 0. The van der Waals surface area contributed by atoms with Gasteiger partial charge in [0.1, 0.15) is 6.67 Å². The molecule has 1 aliphatic heterocycles. The lowest BCUT2D eigenvalue weighted by molar-refractivity contribution is -0.153. The summed E-state index contributed by atoms with van der Waals surface area (Å²) in [7, 11) is 0. The number of carbonyl (C=O) groups excluding carboxylic acids is 2. The van der Waals surface area contributed by atoms with Crippen molar-refractivity contribution in [3.05, 3.63) is 0 Å². The second-order valence-corrected chi connectivity index (χ2v) is 1.85. The van der Waals surface area contributed by atoms with Crippen molar-refractivity contribution >= 4 is 11.9 Å². The van der Waals surface area contributed by atoms with Crippen LogP contribution in [0.5, 0.6) is 0 Å². The van der Waals surface area contributed by atoms with Crippen LogP contribution in [0.15, 0.2) is 0 Å². The van der Waals surface area contributed by atoms with Crippen LogP contribution in [0.4, 0.5) is 4.39 Å². The number of alkyl halides is 1. The average Bonchev–Trinajstić information content (AvgIpc) is 2.10. The number of cyclic esters (lactones) is 2. The van der Waals surface area contributed by atoms with Gasteiger partial charge >= 0.3 is 11.9 Å². The molecule has 0 aliphatic carbocycles. The standard InChI is InChI=1S/C5H5FO3/c6-2-3-1-4(7)9-5(3)8/h3H,1-2H2. The van der Waals surface area contributed by atoms with Gasteiger partial charge in [-0.3, -0.25) is 14.0 Å². The zero-order valence-electron chi connectivity index (χ0n) is 4.59. The van der Waals surface area contributed by atoms with E-state index in [2.05, 4.69) is 4.74 Å². The fourth-order valence-corrected chi connectivity index (χ4v) is 0.639. The summed E-state index contributed by atoms with van der Waals surface area (Å²) in [5.74, 6) is -2.19. The van der Waals surface area contributed by atoms with Gasteiger partial charge in [-0.25, -0.2) is 0 Å². The predicted octanol–water partition coefficient (Wildman–Crippen LogP) is 0.0456. The molecule has 0 N–H and O–H groups in total. The molecular weight excluding hydrogens is 127 g/mol. The molecule has 0 aromatic rings. The van der Waals surface area contributed by atoms with E-state index in [0.717, 1.165) is 0 Å². The highest BCUT2D eigenvalue weighted by atomic mass is 19.1. The van der Waals surface area contributed by atoms with Crippen LogP contribution >= 0.6 is 0 Å². The van der Waals surface area contributed by atoms with E-state index in [4.69, 9.17) is 0 Å². The van der Waals surface area contributed by atoms with Gasteiger partial charge < -0.3 is 4.74 Å². The SMILES string of the molecule is O=C1CC(CF)C(=O)O1. The molecule has 1 fully saturated rings. The lowest BCUT2D eigenvalue weighted by Crippen LogP contribution is -2.08. The Morgan fingerprint density at radius 2 is 2.33 bits per heavy atom. The van der Waals surface area contributed by atoms with Crippen LogP contribution in [0.2, 0.25) is 0 Å². The fourth-order valence-electron chi connectivity index (χ4n) is 0.639. The number of rotatable bonds is 1. The van der Waals surface area contributed by atoms with Crippen LogP contribution < -0.4 is 0 Å². The summed E-state index contributed by atoms with van der Waals surface area (Å²) in [6.07, 6.45) is -0.102. The van der Waals surface area contributed by atoms with Gasteiger partial charge in [-0.05, 0) is 0 Å². The first-order chi connectivity index (χ1) is 4.24. The predicted molar refractivity (Wildman–Crippen MR) is 25.2 cm³/mol. The fraction of sp³-hybridized carbons (Fsp3) is 0.600. The Bertz CT molecular complexity index is 154. The quantitative estimate of drug-likeness (QED) is 0.374. The smallest absolute Gasteiger partial charge is 0.319 e. The van der Waals surface area contributed by atoms with E-state index in [1.807, 2.05) is 0 Å². The van der Waals surface area contributed by atoms with Crippen LogP contribution in [-0.4, -0.2) is 18.6 Å².